The third kappa shape index (κ3) is 5.72. The maximum atomic E-state index is 12.7. The lowest BCUT2D eigenvalue weighted by molar-refractivity contribution is 0.317. The summed E-state index contributed by atoms with van der Waals surface area (Å²) in [6.45, 7) is 10.5. The number of rotatable bonds is 7. The number of benzene rings is 2. The molecule has 0 spiro atoms. The highest BCUT2D eigenvalue weighted by Crippen LogP contribution is 2.27. The Bertz CT molecular complexity index is 964. The Balaban J connectivity index is 2.18. The van der Waals surface area contributed by atoms with Crippen molar-refractivity contribution in [2.24, 2.45) is 5.10 Å². The highest BCUT2D eigenvalue weighted by atomic mass is 35.5. The van der Waals surface area contributed by atoms with Gasteiger partial charge in [0.15, 0.2) is 0 Å². The Morgan fingerprint density at radius 3 is 2.50 bits per heavy atom. The number of nitrogens with zero attached hydrogens (tertiary/aromatic N) is 1. The number of halogens is 1. The van der Waals surface area contributed by atoms with Gasteiger partial charge in [-0.2, -0.15) is 13.5 Å². The van der Waals surface area contributed by atoms with E-state index in [0.717, 1.165) is 12.0 Å². The SMILES string of the molecule is CCCOc1ccc(/C=N/NS(=O)(=O)c2cc(C(C)(C)C)ccc2C)cc1Cl. The van der Waals surface area contributed by atoms with Crippen LogP contribution in [0.25, 0.3) is 0 Å². The van der Waals surface area contributed by atoms with E-state index < -0.39 is 10.0 Å². The van der Waals surface area contributed by atoms with Crippen molar-refractivity contribution in [2.75, 3.05) is 6.61 Å². The number of hydrazone groups is 1. The van der Waals surface area contributed by atoms with Crippen LogP contribution in [0, 0.1) is 6.92 Å². The van der Waals surface area contributed by atoms with E-state index in [1.807, 2.05) is 39.8 Å². The van der Waals surface area contributed by atoms with Crippen LogP contribution in [0.2, 0.25) is 5.02 Å². The first-order valence-corrected chi connectivity index (χ1v) is 11.0. The maximum absolute atomic E-state index is 12.7. The molecule has 0 atom stereocenters. The highest BCUT2D eigenvalue weighted by molar-refractivity contribution is 7.89. The van der Waals surface area contributed by atoms with Crippen molar-refractivity contribution in [2.45, 2.75) is 51.3 Å². The van der Waals surface area contributed by atoms with E-state index in [2.05, 4.69) is 9.93 Å². The first kappa shape index (κ1) is 22.2. The van der Waals surface area contributed by atoms with Crippen molar-refractivity contribution < 1.29 is 13.2 Å². The number of aryl methyl sites for hydroxylation is 1. The van der Waals surface area contributed by atoms with Crippen LogP contribution in [0.5, 0.6) is 5.75 Å². The van der Waals surface area contributed by atoms with Gasteiger partial charge in [0.25, 0.3) is 10.0 Å². The van der Waals surface area contributed by atoms with Gasteiger partial charge in [0.2, 0.25) is 0 Å². The van der Waals surface area contributed by atoms with Gasteiger partial charge in [-0.05, 0) is 59.7 Å². The summed E-state index contributed by atoms with van der Waals surface area (Å²) >= 11 is 6.19. The summed E-state index contributed by atoms with van der Waals surface area (Å²) in [5.74, 6) is 0.593. The molecule has 28 heavy (non-hydrogen) atoms. The highest BCUT2D eigenvalue weighted by Gasteiger charge is 2.21. The predicted molar refractivity (Wildman–Crippen MR) is 115 cm³/mol. The number of nitrogens with one attached hydrogen (secondary N) is 1. The van der Waals surface area contributed by atoms with E-state index in [1.165, 1.54) is 6.21 Å². The van der Waals surface area contributed by atoms with Gasteiger partial charge in [-0.25, -0.2) is 4.83 Å². The van der Waals surface area contributed by atoms with Crippen LogP contribution in [0.3, 0.4) is 0 Å². The third-order valence-corrected chi connectivity index (χ3v) is 5.81. The Hall–Kier alpha value is -2.05. The van der Waals surface area contributed by atoms with Crippen LogP contribution in [-0.4, -0.2) is 21.2 Å². The molecule has 0 radical (unpaired) electrons. The van der Waals surface area contributed by atoms with Crippen molar-refractivity contribution in [3.05, 3.63) is 58.1 Å². The molecular weight excluding hydrogens is 396 g/mol. The van der Waals surface area contributed by atoms with E-state index in [0.29, 0.717) is 28.5 Å². The summed E-state index contributed by atoms with van der Waals surface area (Å²) in [4.78, 5) is 2.50. The van der Waals surface area contributed by atoms with Crippen molar-refractivity contribution in [3.8, 4) is 5.75 Å². The van der Waals surface area contributed by atoms with Crippen LogP contribution in [0.4, 0.5) is 0 Å². The zero-order valence-corrected chi connectivity index (χ0v) is 18.5. The largest absolute Gasteiger partial charge is 0.492 e. The minimum atomic E-state index is -3.78. The van der Waals surface area contributed by atoms with E-state index in [9.17, 15) is 8.42 Å². The Morgan fingerprint density at radius 2 is 1.89 bits per heavy atom. The Morgan fingerprint density at radius 1 is 1.18 bits per heavy atom. The number of ether oxygens (including phenoxy) is 1. The summed E-state index contributed by atoms with van der Waals surface area (Å²) in [7, 11) is -3.78. The predicted octanol–water partition coefficient (Wildman–Crippen LogP) is 5.05. The maximum Gasteiger partial charge on any atom is 0.276 e. The second kappa shape index (κ2) is 8.97. The van der Waals surface area contributed by atoms with Crippen LogP contribution in [0.1, 0.15) is 50.8 Å². The molecule has 7 heteroatoms. The first-order chi connectivity index (χ1) is 13.0. The molecule has 5 nitrogen and oxygen atoms in total. The normalized spacial score (nSPS) is 12.4. The first-order valence-electron chi connectivity index (χ1n) is 9.13. The van der Waals surface area contributed by atoms with Gasteiger partial charge < -0.3 is 4.74 Å². The van der Waals surface area contributed by atoms with Gasteiger partial charge in [-0.3, -0.25) is 0 Å². The molecule has 0 saturated carbocycles. The molecule has 1 N–H and O–H groups in total. The van der Waals surface area contributed by atoms with Gasteiger partial charge in [0, 0.05) is 0 Å². The molecule has 152 valence electrons. The third-order valence-electron chi connectivity index (χ3n) is 4.15. The average molecular weight is 423 g/mol. The van der Waals surface area contributed by atoms with Gasteiger partial charge >= 0.3 is 0 Å². The second-order valence-corrected chi connectivity index (χ2v) is 9.66. The molecule has 0 unspecified atom stereocenters. The lowest BCUT2D eigenvalue weighted by Crippen LogP contribution is -2.21. The molecule has 0 fully saturated rings. The van der Waals surface area contributed by atoms with E-state index in [-0.39, 0.29) is 10.3 Å². The second-order valence-electron chi connectivity index (χ2n) is 7.62. The fourth-order valence-corrected chi connectivity index (χ4v) is 3.81. The smallest absolute Gasteiger partial charge is 0.276 e. The summed E-state index contributed by atoms with van der Waals surface area (Å²) < 4.78 is 30.9. The molecule has 2 rings (SSSR count). The Kier molecular flexibility index (Phi) is 7.12. The lowest BCUT2D eigenvalue weighted by atomic mass is 9.87. The summed E-state index contributed by atoms with van der Waals surface area (Å²) in [6, 6.07) is 10.6. The van der Waals surface area contributed by atoms with Crippen molar-refractivity contribution in [1.82, 2.24) is 4.83 Å². The minimum Gasteiger partial charge on any atom is -0.492 e. The van der Waals surface area contributed by atoms with Crippen LogP contribution in [0.15, 0.2) is 46.4 Å². The molecule has 0 aliphatic heterocycles. The zero-order valence-electron chi connectivity index (χ0n) is 16.9. The van der Waals surface area contributed by atoms with Crippen LogP contribution < -0.4 is 9.57 Å². The van der Waals surface area contributed by atoms with E-state index >= 15 is 0 Å². The summed E-state index contributed by atoms with van der Waals surface area (Å²) in [5, 5.41) is 4.35. The Labute approximate surface area is 172 Å². The molecule has 0 heterocycles. The van der Waals surface area contributed by atoms with Crippen molar-refractivity contribution >= 4 is 27.8 Å². The molecular formula is C21H27ClN2O3S. The zero-order chi connectivity index (χ0) is 20.9. The molecule has 0 saturated heterocycles. The fourth-order valence-electron chi connectivity index (χ4n) is 2.50. The van der Waals surface area contributed by atoms with E-state index in [4.69, 9.17) is 16.3 Å². The van der Waals surface area contributed by atoms with Gasteiger partial charge in [0.1, 0.15) is 5.75 Å². The molecule has 2 aromatic rings. The number of sulfonamides is 1. The summed E-state index contributed by atoms with van der Waals surface area (Å²) in [6.07, 6.45) is 2.30. The van der Waals surface area contributed by atoms with Gasteiger partial charge in [0.05, 0.1) is 22.7 Å². The molecule has 0 bridgehead atoms. The average Bonchev–Trinajstić information content (AvgIpc) is 2.60. The van der Waals surface area contributed by atoms with Gasteiger partial charge in [-0.1, -0.05) is 51.4 Å². The summed E-state index contributed by atoms with van der Waals surface area (Å²) in [5.41, 5.74) is 2.12. The van der Waals surface area contributed by atoms with Crippen molar-refractivity contribution in [1.29, 1.82) is 0 Å². The lowest BCUT2D eigenvalue weighted by Gasteiger charge is -2.20. The number of hydrogen-bond acceptors (Lipinski definition) is 4. The minimum absolute atomic E-state index is 0.153. The van der Waals surface area contributed by atoms with E-state index in [1.54, 1.807) is 31.2 Å². The molecule has 2 aromatic carbocycles. The number of hydrogen-bond donors (Lipinski definition) is 1. The van der Waals surface area contributed by atoms with Gasteiger partial charge in [-0.15, -0.1) is 0 Å². The van der Waals surface area contributed by atoms with Crippen LogP contribution >= 0.6 is 11.6 Å². The molecule has 0 aliphatic carbocycles. The quantitative estimate of drug-likeness (QED) is 0.501. The van der Waals surface area contributed by atoms with Crippen molar-refractivity contribution in [3.63, 3.8) is 0 Å². The monoisotopic (exact) mass is 422 g/mol. The standard InChI is InChI=1S/C21H27ClN2O3S/c1-6-11-27-19-10-8-16(12-18(19)22)14-23-24-28(25,26)20-13-17(21(3,4)5)9-7-15(20)2/h7-10,12-14,24H,6,11H2,1-5H3/b23-14+. The molecule has 0 amide bonds. The molecule has 0 aromatic heterocycles. The topological polar surface area (TPSA) is 67.8 Å². The van der Waals surface area contributed by atoms with Crippen LogP contribution in [-0.2, 0) is 15.4 Å². The fraction of sp³-hybridized carbons (Fsp3) is 0.381. The molecule has 0 aliphatic rings.